The summed E-state index contributed by atoms with van der Waals surface area (Å²) in [5.74, 6) is 2.15. The highest BCUT2D eigenvalue weighted by Crippen LogP contribution is 2.35. The molecule has 0 aliphatic carbocycles. The van der Waals surface area contributed by atoms with Crippen molar-refractivity contribution in [1.29, 1.82) is 0 Å². The van der Waals surface area contributed by atoms with Gasteiger partial charge in [-0.3, -0.25) is 4.79 Å². The van der Waals surface area contributed by atoms with Gasteiger partial charge in [0.05, 0.1) is 18.3 Å². The fourth-order valence-electron chi connectivity index (χ4n) is 3.84. The predicted octanol–water partition coefficient (Wildman–Crippen LogP) is 4.62. The van der Waals surface area contributed by atoms with Crippen molar-refractivity contribution in [1.82, 2.24) is 14.9 Å². The SMILES string of the molecule is C=CC(=O)N1CCC(c2nc(Nc3cccc(Br)c3)c3cc(N)c(OC)cc3n2)CC1. The van der Waals surface area contributed by atoms with Gasteiger partial charge in [0.15, 0.2) is 0 Å². The summed E-state index contributed by atoms with van der Waals surface area (Å²) in [5, 5.41) is 4.23. The molecule has 2 aromatic carbocycles. The Bertz CT molecular complexity index is 1140. The smallest absolute Gasteiger partial charge is 0.245 e. The second-order valence-corrected chi connectivity index (χ2v) is 8.40. The van der Waals surface area contributed by atoms with Crippen LogP contribution in [0.3, 0.4) is 0 Å². The summed E-state index contributed by atoms with van der Waals surface area (Å²) in [5.41, 5.74) is 8.35. The number of hydrogen-bond acceptors (Lipinski definition) is 6. The van der Waals surface area contributed by atoms with Gasteiger partial charge < -0.3 is 20.7 Å². The average Bonchev–Trinajstić information content (AvgIpc) is 2.78. The molecule has 2 heterocycles. The lowest BCUT2D eigenvalue weighted by Gasteiger charge is -2.30. The van der Waals surface area contributed by atoms with Crippen molar-refractivity contribution in [2.75, 3.05) is 31.2 Å². The Kier molecular flexibility index (Phi) is 6.08. The summed E-state index contributed by atoms with van der Waals surface area (Å²) in [6.45, 7) is 4.90. The Morgan fingerprint density at radius 1 is 1.29 bits per heavy atom. The maximum atomic E-state index is 11.9. The van der Waals surface area contributed by atoms with Crippen LogP contribution in [0.15, 0.2) is 53.5 Å². The molecule has 0 radical (unpaired) electrons. The van der Waals surface area contributed by atoms with Crippen molar-refractivity contribution in [2.45, 2.75) is 18.8 Å². The molecule has 1 aromatic heterocycles. The zero-order valence-electron chi connectivity index (χ0n) is 17.3. The third-order valence-corrected chi connectivity index (χ3v) is 5.99. The van der Waals surface area contributed by atoms with E-state index < -0.39 is 0 Å². The van der Waals surface area contributed by atoms with Crippen molar-refractivity contribution in [3.05, 3.63) is 59.4 Å². The first-order valence-electron chi connectivity index (χ1n) is 10.1. The first-order valence-corrected chi connectivity index (χ1v) is 10.9. The highest BCUT2D eigenvalue weighted by atomic mass is 79.9. The summed E-state index contributed by atoms with van der Waals surface area (Å²) in [6.07, 6.45) is 2.96. The van der Waals surface area contributed by atoms with Crippen molar-refractivity contribution < 1.29 is 9.53 Å². The van der Waals surface area contributed by atoms with Gasteiger partial charge in [-0.1, -0.05) is 28.6 Å². The minimum absolute atomic E-state index is 0.0323. The highest BCUT2D eigenvalue weighted by Gasteiger charge is 2.25. The van der Waals surface area contributed by atoms with E-state index >= 15 is 0 Å². The Hall–Kier alpha value is -3.13. The molecular weight excluding hydrogens is 458 g/mol. The van der Waals surface area contributed by atoms with Gasteiger partial charge in [0.1, 0.15) is 17.4 Å². The Balaban J connectivity index is 1.73. The number of piperidine rings is 1. The molecule has 160 valence electrons. The van der Waals surface area contributed by atoms with Crippen LogP contribution in [-0.2, 0) is 4.79 Å². The number of carbonyl (C=O) groups excluding carboxylic acids is 1. The lowest BCUT2D eigenvalue weighted by molar-refractivity contribution is -0.127. The number of halogens is 1. The lowest BCUT2D eigenvalue weighted by atomic mass is 9.95. The summed E-state index contributed by atoms with van der Waals surface area (Å²) < 4.78 is 6.37. The molecule has 0 saturated carbocycles. The molecule has 8 heteroatoms. The molecule has 1 aliphatic heterocycles. The van der Waals surface area contributed by atoms with E-state index in [1.54, 1.807) is 7.11 Å². The Morgan fingerprint density at radius 3 is 2.74 bits per heavy atom. The van der Waals surface area contributed by atoms with Gasteiger partial charge in [-0.15, -0.1) is 0 Å². The molecule has 7 nitrogen and oxygen atoms in total. The Labute approximate surface area is 189 Å². The van der Waals surface area contributed by atoms with E-state index in [-0.39, 0.29) is 11.8 Å². The minimum atomic E-state index is -0.0323. The molecule has 0 bridgehead atoms. The lowest BCUT2D eigenvalue weighted by Crippen LogP contribution is -2.37. The van der Waals surface area contributed by atoms with Crippen LogP contribution in [0.2, 0.25) is 0 Å². The van der Waals surface area contributed by atoms with E-state index in [0.717, 1.165) is 39.7 Å². The van der Waals surface area contributed by atoms with E-state index in [2.05, 4.69) is 27.8 Å². The first kappa shape index (κ1) is 21.1. The predicted molar refractivity (Wildman–Crippen MR) is 127 cm³/mol. The number of anilines is 3. The van der Waals surface area contributed by atoms with Gasteiger partial charge in [-0.2, -0.15) is 0 Å². The highest BCUT2D eigenvalue weighted by molar-refractivity contribution is 9.10. The number of nitrogens with two attached hydrogens (primary N) is 1. The van der Waals surface area contributed by atoms with Crippen LogP contribution in [-0.4, -0.2) is 41.0 Å². The van der Waals surface area contributed by atoms with Crippen LogP contribution in [0.25, 0.3) is 10.9 Å². The summed E-state index contributed by atoms with van der Waals surface area (Å²) in [6, 6.07) is 11.6. The number of benzene rings is 2. The third-order valence-electron chi connectivity index (χ3n) is 5.50. The fraction of sp³-hybridized carbons (Fsp3) is 0.261. The second-order valence-electron chi connectivity index (χ2n) is 7.48. The molecule has 1 saturated heterocycles. The van der Waals surface area contributed by atoms with Crippen molar-refractivity contribution in [2.24, 2.45) is 0 Å². The van der Waals surface area contributed by atoms with Gasteiger partial charge in [-0.25, -0.2) is 9.97 Å². The number of aromatic nitrogens is 2. The van der Waals surface area contributed by atoms with Crippen LogP contribution in [0.5, 0.6) is 5.75 Å². The van der Waals surface area contributed by atoms with E-state index in [0.29, 0.717) is 30.3 Å². The molecule has 1 aliphatic rings. The maximum absolute atomic E-state index is 11.9. The summed E-state index contributed by atoms with van der Waals surface area (Å²) >= 11 is 3.51. The van der Waals surface area contributed by atoms with Crippen molar-refractivity contribution in [3.63, 3.8) is 0 Å². The summed E-state index contributed by atoms with van der Waals surface area (Å²) in [7, 11) is 1.59. The number of hydrogen-bond donors (Lipinski definition) is 2. The third kappa shape index (κ3) is 4.49. The van der Waals surface area contributed by atoms with Crippen molar-refractivity contribution >= 4 is 49.9 Å². The normalized spacial score (nSPS) is 14.5. The van der Waals surface area contributed by atoms with Gasteiger partial charge in [-0.05, 0) is 43.2 Å². The number of nitrogens with one attached hydrogen (secondary N) is 1. The molecule has 0 spiro atoms. The van der Waals surface area contributed by atoms with Crippen LogP contribution < -0.4 is 15.8 Å². The molecule has 1 amide bonds. The number of nitrogens with zero attached hydrogens (tertiary/aromatic N) is 3. The number of fused-ring (bicyclic) bond motifs is 1. The number of carbonyl (C=O) groups is 1. The van der Waals surface area contributed by atoms with Crippen LogP contribution in [0.4, 0.5) is 17.2 Å². The topological polar surface area (TPSA) is 93.4 Å². The molecule has 0 unspecified atom stereocenters. The maximum Gasteiger partial charge on any atom is 0.245 e. The largest absolute Gasteiger partial charge is 0.495 e. The number of rotatable bonds is 5. The molecule has 31 heavy (non-hydrogen) atoms. The average molecular weight is 482 g/mol. The van der Waals surface area contributed by atoms with E-state index in [4.69, 9.17) is 20.4 Å². The molecular formula is C23H24BrN5O2. The Morgan fingerprint density at radius 2 is 2.06 bits per heavy atom. The van der Waals surface area contributed by atoms with Crippen LogP contribution in [0.1, 0.15) is 24.6 Å². The summed E-state index contributed by atoms with van der Waals surface area (Å²) in [4.78, 5) is 23.4. The molecule has 4 rings (SSSR count). The standard InChI is InChI=1S/C23H24BrN5O2/c1-3-21(30)29-9-7-14(8-10-29)22-27-19-13-20(31-2)18(25)12-17(19)23(28-22)26-16-6-4-5-15(24)11-16/h3-6,11-14H,1,7-10,25H2,2H3,(H,26,27,28). The zero-order valence-corrected chi connectivity index (χ0v) is 18.9. The zero-order chi connectivity index (χ0) is 22.0. The quantitative estimate of drug-likeness (QED) is 0.407. The fourth-order valence-corrected chi connectivity index (χ4v) is 4.24. The first-order chi connectivity index (χ1) is 15.0. The van der Waals surface area contributed by atoms with Crippen LogP contribution >= 0.6 is 15.9 Å². The molecule has 1 fully saturated rings. The van der Waals surface area contributed by atoms with Gasteiger partial charge in [0.25, 0.3) is 0 Å². The van der Waals surface area contributed by atoms with Crippen molar-refractivity contribution in [3.8, 4) is 5.75 Å². The number of nitrogen functional groups attached to an aromatic ring is 1. The number of ether oxygens (including phenoxy) is 1. The van der Waals surface area contributed by atoms with E-state index in [9.17, 15) is 4.79 Å². The molecule has 0 atom stereocenters. The van der Waals surface area contributed by atoms with Gasteiger partial charge in [0, 0.05) is 40.6 Å². The number of methoxy groups -OCH3 is 1. The van der Waals surface area contributed by atoms with Gasteiger partial charge in [0.2, 0.25) is 5.91 Å². The molecule has 3 N–H and O–H groups in total. The van der Waals surface area contributed by atoms with Gasteiger partial charge >= 0.3 is 0 Å². The van der Waals surface area contributed by atoms with E-state index in [1.165, 1.54) is 6.08 Å². The second kappa shape index (κ2) is 8.93. The van der Waals surface area contributed by atoms with Crippen LogP contribution in [0, 0.1) is 0 Å². The number of amides is 1. The van der Waals surface area contributed by atoms with E-state index in [1.807, 2.05) is 41.3 Å². The molecule has 3 aromatic rings. The minimum Gasteiger partial charge on any atom is -0.495 e. The number of likely N-dealkylation sites (tertiary alicyclic amines) is 1. The monoisotopic (exact) mass is 481 g/mol.